The number of nitrogens with zero attached hydrogens (tertiary/aromatic N) is 4. The monoisotopic (exact) mass is 356 g/mol. The summed E-state index contributed by atoms with van der Waals surface area (Å²) in [5.41, 5.74) is 4.96. The van der Waals surface area contributed by atoms with Crippen molar-refractivity contribution in [3.63, 3.8) is 0 Å². The highest BCUT2D eigenvalue weighted by molar-refractivity contribution is 5.60. The highest BCUT2D eigenvalue weighted by Gasteiger charge is 2.23. The minimum atomic E-state index is -0.0465. The van der Waals surface area contributed by atoms with E-state index in [1.807, 2.05) is 24.3 Å². The fourth-order valence-electron chi connectivity index (χ4n) is 3.46. The molecule has 0 radical (unpaired) electrons. The van der Waals surface area contributed by atoms with E-state index >= 15 is 0 Å². The Hall–Kier alpha value is -3.23. The molecule has 2 heterocycles. The first kappa shape index (κ1) is 17.2. The van der Waals surface area contributed by atoms with Gasteiger partial charge in [-0.15, -0.1) is 0 Å². The Labute approximate surface area is 158 Å². The Kier molecular flexibility index (Phi) is 4.82. The molecular weight excluding hydrogens is 336 g/mol. The van der Waals surface area contributed by atoms with E-state index in [-0.39, 0.29) is 6.10 Å². The predicted octanol–water partition coefficient (Wildman–Crippen LogP) is 3.97. The van der Waals surface area contributed by atoms with Crippen molar-refractivity contribution in [3.8, 4) is 23.1 Å². The quantitative estimate of drug-likeness (QED) is 0.710. The normalized spacial score (nSPS) is 16.8. The van der Waals surface area contributed by atoms with E-state index in [4.69, 9.17) is 10.00 Å². The topological polar surface area (TPSA) is 62.0 Å². The van der Waals surface area contributed by atoms with E-state index in [9.17, 15) is 0 Å². The summed E-state index contributed by atoms with van der Waals surface area (Å²) in [6.07, 6.45) is 2.53. The summed E-state index contributed by atoms with van der Waals surface area (Å²) in [4.78, 5) is 2.30. The lowest BCUT2D eigenvalue weighted by molar-refractivity contribution is 0.182. The minimum absolute atomic E-state index is 0.0465. The van der Waals surface area contributed by atoms with Crippen molar-refractivity contribution >= 4 is 0 Å². The highest BCUT2D eigenvalue weighted by Crippen LogP contribution is 2.33. The van der Waals surface area contributed by atoms with Crippen LogP contribution in [0, 0.1) is 11.3 Å². The number of rotatable bonds is 3. The first-order valence-corrected chi connectivity index (χ1v) is 8.99. The van der Waals surface area contributed by atoms with Gasteiger partial charge in [0, 0.05) is 31.3 Å². The summed E-state index contributed by atoms with van der Waals surface area (Å²) >= 11 is 0. The van der Waals surface area contributed by atoms with E-state index in [1.54, 1.807) is 18.3 Å². The molecule has 0 amide bonds. The third-order valence-corrected chi connectivity index (χ3v) is 4.81. The van der Waals surface area contributed by atoms with Crippen LogP contribution in [0.25, 0.3) is 11.3 Å². The molecule has 0 N–H and O–H groups in total. The molecule has 0 saturated heterocycles. The number of benzene rings is 2. The van der Waals surface area contributed by atoms with Gasteiger partial charge in [0.05, 0.1) is 17.3 Å². The van der Waals surface area contributed by atoms with E-state index in [2.05, 4.69) is 46.4 Å². The molecule has 1 aliphatic rings. The summed E-state index contributed by atoms with van der Waals surface area (Å²) < 4.78 is 6.29. The van der Waals surface area contributed by atoms with Crippen LogP contribution in [0.5, 0.6) is 5.75 Å². The molecule has 2 aromatic carbocycles. The van der Waals surface area contributed by atoms with Gasteiger partial charge < -0.3 is 9.64 Å². The molecule has 5 heteroatoms. The molecule has 27 heavy (non-hydrogen) atoms. The van der Waals surface area contributed by atoms with Gasteiger partial charge in [0.15, 0.2) is 0 Å². The van der Waals surface area contributed by atoms with Crippen molar-refractivity contribution in [2.45, 2.75) is 19.1 Å². The van der Waals surface area contributed by atoms with Gasteiger partial charge in [-0.05, 0) is 54.6 Å². The summed E-state index contributed by atoms with van der Waals surface area (Å²) in [6.45, 7) is 1.80. The van der Waals surface area contributed by atoms with Crippen LogP contribution in [-0.4, -0.2) is 28.7 Å². The summed E-state index contributed by atoms with van der Waals surface area (Å²) in [7, 11) is 2.12. The average molecular weight is 356 g/mol. The van der Waals surface area contributed by atoms with Gasteiger partial charge in [-0.1, -0.05) is 18.2 Å². The third-order valence-electron chi connectivity index (χ3n) is 4.81. The van der Waals surface area contributed by atoms with Gasteiger partial charge in [-0.3, -0.25) is 0 Å². The Balaban J connectivity index is 1.68. The van der Waals surface area contributed by atoms with E-state index < -0.39 is 0 Å². The number of fused-ring (bicyclic) bond motifs is 1. The van der Waals surface area contributed by atoms with Crippen molar-refractivity contribution in [2.24, 2.45) is 0 Å². The third kappa shape index (κ3) is 3.81. The number of hydrogen-bond donors (Lipinski definition) is 0. The van der Waals surface area contributed by atoms with E-state index in [1.165, 1.54) is 11.1 Å². The first-order chi connectivity index (χ1) is 13.2. The number of nitriles is 1. The van der Waals surface area contributed by atoms with Crippen LogP contribution in [0.3, 0.4) is 0 Å². The Morgan fingerprint density at radius 1 is 1.15 bits per heavy atom. The molecule has 3 aromatic rings. The van der Waals surface area contributed by atoms with Gasteiger partial charge in [0.1, 0.15) is 11.9 Å². The molecule has 0 saturated carbocycles. The maximum Gasteiger partial charge on any atom is 0.125 e. The van der Waals surface area contributed by atoms with Gasteiger partial charge in [-0.2, -0.15) is 15.5 Å². The van der Waals surface area contributed by atoms with Crippen LogP contribution in [0.1, 0.15) is 29.2 Å². The fourth-order valence-corrected chi connectivity index (χ4v) is 3.46. The van der Waals surface area contributed by atoms with Gasteiger partial charge in [-0.25, -0.2) is 0 Å². The van der Waals surface area contributed by atoms with Crippen molar-refractivity contribution in [1.29, 1.82) is 5.26 Å². The minimum Gasteiger partial charge on any atom is -0.486 e. The second kappa shape index (κ2) is 7.56. The van der Waals surface area contributed by atoms with Crippen LogP contribution >= 0.6 is 0 Å². The number of aromatic nitrogens is 2. The molecule has 4 rings (SSSR count). The smallest absolute Gasteiger partial charge is 0.125 e. The molecule has 134 valence electrons. The van der Waals surface area contributed by atoms with E-state index in [0.717, 1.165) is 36.5 Å². The average Bonchev–Trinajstić information content (AvgIpc) is 2.87. The zero-order chi connectivity index (χ0) is 18.6. The second-order valence-corrected chi connectivity index (χ2v) is 6.80. The van der Waals surface area contributed by atoms with Crippen molar-refractivity contribution in [3.05, 3.63) is 77.5 Å². The number of ether oxygens (including phenoxy) is 1. The van der Waals surface area contributed by atoms with Crippen molar-refractivity contribution in [1.82, 2.24) is 15.1 Å². The molecular formula is C22H20N4O. The molecule has 0 spiro atoms. The van der Waals surface area contributed by atoms with Crippen molar-refractivity contribution in [2.75, 3.05) is 13.6 Å². The Bertz CT molecular complexity index is 981. The maximum absolute atomic E-state index is 9.12. The molecule has 0 aliphatic carbocycles. The van der Waals surface area contributed by atoms with Crippen LogP contribution in [0.2, 0.25) is 0 Å². The summed E-state index contributed by atoms with van der Waals surface area (Å²) in [6, 6.07) is 19.8. The summed E-state index contributed by atoms with van der Waals surface area (Å²) in [5.74, 6) is 0.729. The molecule has 0 bridgehead atoms. The number of hydrogen-bond acceptors (Lipinski definition) is 5. The van der Waals surface area contributed by atoms with Crippen LogP contribution < -0.4 is 4.74 Å². The van der Waals surface area contributed by atoms with E-state index in [0.29, 0.717) is 5.56 Å². The molecule has 1 aliphatic heterocycles. The van der Waals surface area contributed by atoms with Crippen LogP contribution in [-0.2, 0) is 6.54 Å². The van der Waals surface area contributed by atoms with Crippen LogP contribution in [0.15, 0.2) is 60.8 Å². The molecule has 1 atom stereocenters. The lowest BCUT2D eigenvalue weighted by Gasteiger charge is -2.20. The lowest BCUT2D eigenvalue weighted by atomic mass is 9.97. The molecule has 1 unspecified atom stereocenters. The zero-order valence-corrected chi connectivity index (χ0v) is 15.2. The van der Waals surface area contributed by atoms with Crippen LogP contribution in [0.4, 0.5) is 0 Å². The Morgan fingerprint density at radius 3 is 2.89 bits per heavy atom. The van der Waals surface area contributed by atoms with Gasteiger partial charge >= 0.3 is 0 Å². The standard InChI is InChI=1S/C22H20N4O/c1-26-11-9-22(27-19-5-2-4-16(12-19)14-23)20-8-7-17(13-18(20)15-26)21-6-3-10-24-25-21/h2-8,10,12-13,22H,9,11,15H2,1H3. The van der Waals surface area contributed by atoms with Gasteiger partial charge in [0.25, 0.3) is 0 Å². The second-order valence-electron chi connectivity index (χ2n) is 6.80. The summed E-state index contributed by atoms with van der Waals surface area (Å²) in [5, 5.41) is 17.3. The molecule has 5 nitrogen and oxygen atoms in total. The van der Waals surface area contributed by atoms with Gasteiger partial charge in [0.2, 0.25) is 0 Å². The maximum atomic E-state index is 9.12. The lowest BCUT2D eigenvalue weighted by Crippen LogP contribution is -2.18. The SMILES string of the molecule is CN1CCC(Oc2cccc(C#N)c2)c2ccc(-c3cccnn3)cc2C1. The highest BCUT2D eigenvalue weighted by atomic mass is 16.5. The zero-order valence-electron chi connectivity index (χ0n) is 15.2. The van der Waals surface area contributed by atoms with Crippen molar-refractivity contribution < 1.29 is 4.74 Å². The largest absolute Gasteiger partial charge is 0.486 e. The first-order valence-electron chi connectivity index (χ1n) is 8.99. The Morgan fingerprint density at radius 2 is 2.07 bits per heavy atom. The molecule has 1 aromatic heterocycles. The predicted molar refractivity (Wildman–Crippen MR) is 103 cm³/mol. The molecule has 0 fully saturated rings. The fraction of sp³-hybridized carbons (Fsp3) is 0.227.